The van der Waals surface area contributed by atoms with Crippen LogP contribution in [0, 0.1) is 5.82 Å². The molecule has 0 aliphatic rings. The third-order valence-electron chi connectivity index (χ3n) is 5.63. The van der Waals surface area contributed by atoms with E-state index in [4.69, 9.17) is 10.5 Å². The summed E-state index contributed by atoms with van der Waals surface area (Å²) in [6.07, 6.45) is -4.46. The molecule has 0 aromatic heterocycles. The molecule has 3 aromatic carbocycles. The van der Waals surface area contributed by atoms with Crippen LogP contribution in [0.4, 0.5) is 17.6 Å². The Labute approximate surface area is 184 Å². The summed E-state index contributed by atoms with van der Waals surface area (Å²) < 4.78 is 58.1. The molecule has 3 rings (SSSR count). The number of nitrogens with two attached hydrogens (primary N) is 1. The number of rotatable bonds is 7. The Morgan fingerprint density at radius 2 is 1.62 bits per heavy atom. The summed E-state index contributed by atoms with van der Waals surface area (Å²) >= 11 is 0. The van der Waals surface area contributed by atoms with E-state index in [-0.39, 0.29) is 19.3 Å². The molecule has 32 heavy (non-hydrogen) atoms. The first-order valence-electron chi connectivity index (χ1n) is 10.1. The van der Waals surface area contributed by atoms with Gasteiger partial charge in [0, 0.05) is 13.7 Å². The zero-order valence-corrected chi connectivity index (χ0v) is 17.8. The number of methoxy groups -OCH3 is 1. The van der Waals surface area contributed by atoms with Gasteiger partial charge in [-0.15, -0.1) is 0 Å². The summed E-state index contributed by atoms with van der Waals surface area (Å²) in [5, 5.41) is 10.2. The Hall–Kier alpha value is -2.74. The Bertz CT molecular complexity index is 1060. The molecule has 1 atom stereocenters. The molecule has 1 unspecified atom stereocenters. The highest BCUT2D eigenvalue weighted by Gasteiger charge is 2.30. The quantitative estimate of drug-likeness (QED) is 0.453. The van der Waals surface area contributed by atoms with Gasteiger partial charge in [-0.05, 0) is 76.6 Å². The molecule has 3 nitrogen and oxygen atoms in total. The monoisotopic (exact) mass is 447 g/mol. The third kappa shape index (κ3) is 5.01. The summed E-state index contributed by atoms with van der Waals surface area (Å²) in [5.74, 6) is -0.399. The van der Waals surface area contributed by atoms with Crippen molar-refractivity contribution in [1.82, 2.24) is 0 Å². The van der Waals surface area contributed by atoms with Gasteiger partial charge in [0.1, 0.15) is 5.82 Å². The van der Waals surface area contributed by atoms with Crippen molar-refractivity contribution >= 4 is 0 Å². The molecular weight excluding hydrogens is 422 g/mol. The number of alkyl halides is 3. The van der Waals surface area contributed by atoms with Gasteiger partial charge in [0.05, 0.1) is 18.3 Å². The second kappa shape index (κ2) is 9.81. The van der Waals surface area contributed by atoms with Crippen LogP contribution in [0.15, 0.2) is 54.6 Å². The lowest BCUT2D eigenvalue weighted by molar-refractivity contribution is -0.137. The van der Waals surface area contributed by atoms with Crippen LogP contribution >= 0.6 is 0 Å². The van der Waals surface area contributed by atoms with E-state index in [1.54, 1.807) is 19.2 Å². The molecular formula is C25H25F4NO2. The van der Waals surface area contributed by atoms with Gasteiger partial charge in [-0.3, -0.25) is 0 Å². The SMILES string of the molecule is COC(C)c1cc(CN)c(CO)c(-c2ccc(F)cc2)c1Cc1ccc(C(F)(F)F)cc1. The van der Waals surface area contributed by atoms with Crippen molar-refractivity contribution < 1.29 is 27.4 Å². The van der Waals surface area contributed by atoms with Crippen LogP contribution in [0.2, 0.25) is 0 Å². The Balaban J connectivity index is 2.24. The number of halogens is 4. The Morgan fingerprint density at radius 3 is 2.12 bits per heavy atom. The molecule has 3 aromatic rings. The molecule has 0 heterocycles. The van der Waals surface area contributed by atoms with Crippen LogP contribution in [-0.4, -0.2) is 12.2 Å². The zero-order chi connectivity index (χ0) is 23.5. The minimum atomic E-state index is -4.42. The maximum Gasteiger partial charge on any atom is 0.416 e. The average molecular weight is 447 g/mol. The number of ether oxygens (including phenoxy) is 1. The van der Waals surface area contributed by atoms with E-state index in [1.807, 2.05) is 13.0 Å². The van der Waals surface area contributed by atoms with E-state index in [2.05, 4.69) is 0 Å². The Morgan fingerprint density at radius 1 is 1.00 bits per heavy atom. The van der Waals surface area contributed by atoms with Crippen molar-refractivity contribution in [2.75, 3.05) is 7.11 Å². The second-order valence-electron chi connectivity index (χ2n) is 7.58. The number of benzene rings is 3. The van der Waals surface area contributed by atoms with Crippen molar-refractivity contribution in [1.29, 1.82) is 0 Å². The maximum absolute atomic E-state index is 13.6. The number of aliphatic hydroxyl groups is 1. The maximum atomic E-state index is 13.6. The largest absolute Gasteiger partial charge is 0.416 e. The van der Waals surface area contributed by atoms with Crippen LogP contribution in [0.3, 0.4) is 0 Å². The Kier molecular flexibility index (Phi) is 7.33. The predicted molar refractivity (Wildman–Crippen MR) is 115 cm³/mol. The first-order chi connectivity index (χ1) is 15.2. The lowest BCUT2D eigenvalue weighted by Crippen LogP contribution is -2.12. The average Bonchev–Trinajstić information content (AvgIpc) is 2.78. The van der Waals surface area contributed by atoms with Crippen molar-refractivity contribution in [3.8, 4) is 11.1 Å². The van der Waals surface area contributed by atoms with E-state index in [9.17, 15) is 22.7 Å². The molecule has 0 bridgehead atoms. The minimum absolute atomic E-state index is 0.175. The van der Waals surface area contributed by atoms with Crippen molar-refractivity contribution in [2.45, 2.75) is 38.8 Å². The number of aliphatic hydroxyl groups excluding tert-OH is 1. The molecule has 0 aliphatic heterocycles. The van der Waals surface area contributed by atoms with Gasteiger partial charge in [-0.25, -0.2) is 4.39 Å². The summed E-state index contributed by atoms with van der Waals surface area (Å²) in [7, 11) is 1.56. The van der Waals surface area contributed by atoms with Crippen molar-refractivity contribution in [3.05, 3.63) is 93.8 Å². The van der Waals surface area contributed by atoms with Crippen LogP contribution in [-0.2, 0) is 30.5 Å². The van der Waals surface area contributed by atoms with Crippen LogP contribution < -0.4 is 5.73 Å². The highest BCUT2D eigenvalue weighted by Crippen LogP contribution is 2.38. The normalized spacial score (nSPS) is 12.8. The third-order valence-corrected chi connectivity index (χ3v) is 5.63. The summed E-state index contributed by atoms with van der Waals surface area (Å²) in [6.45, 7) is 1.74. The van der Waals surface area contributed by atoms with Crippen LogP contribution in [0.1, 0.15) is 46.4 Å². The minimum Gasteiger partial charge on any atom is -0.392 e. The van der Waals surface area contributed by atoms with Crippen molar-refractivity contribution in [2.24, 2.45) is 5.73 Å². The molecule has 0 saturated carbocycles. The standard InChI is InChI=1S/C25H25F4NO2/c1-15(32-2)21-12-18(13-30)23(14-31)24(17-5-9-20(26)10-6-17)22(21)11-16-3-7-19(8-4-16)25(27,28)29/h3-10,12,15,31H,11,13-14,30H2,1-2H3. The molecule has 0 fully saturated rings. The van der Waals surface area contributed by atoms with E-state index >= 15 is 0 Å². The molecule has 0 aliphatic carbocycles. The molecule has 0 amide bonds. The second-order valence-corrected chi connectivity index (χ2v) is 7.58. The lowest BCUT2D eigenvalue weighted by Gasteiger charge is -2.24. The highest BCUT2D eigenvalue weighted by atomic mass is 19.4. The summed E-state index contributed by atoms with van der Waals surface area (Å²) in [5.41, 5.74) is 10.2. The summed E-state index contributed by atoms with van der Waals surface area (Å²) in [4.78, 5) is 0. The fraction of sp³-hybridized carbons (Fsp3) is 0.280. The van der Waals surface area contributed by atoms with Crippen LogP contribution in [0.5, 0.6) is 0 Å². The first kappa shape index (κ1) is 23.9. The van der Waals surface area contributed by atoms with E-state index in [0.29, 0.717) is 28.7 Å². The molecule has 0 spiro atoms. The van der Waals surface area contributed by atoms with Gasteiger partial charge in [-0.2, -0.15) is 13.2 Å². The van der Waals surface area contributed by atoms with Gasteiger partial charge in [0.15, 0.2) is 0 Å². The van der Waals surface area contributed by atoms with Gasteiger partial charge in [0.25, 0.3) is 0 Å². The molecule has 170 valence electrons. The van der Waals surface area contributed by atoms with Gasteiger partial charge in [0.2, 0.25) is 0 Å². The lowest BCUT2D eigenvalue weighted by atomic mass is 9.83. The van der Waals surface area contributed by atoms with E-state index in [0.717, 1.165) is 28.8 Å². The fourth-order valence-electron chi connectivity index (χ4n) is 3.87. The van der Waals surface area contributed by atoms with Gasteiger partial charge in [-0.1, -0.05) is 30.3 Å². The van der Waals surface area contributed by atoms with Crippen molar-refractivity contribution in [3.63, 3.8) is 0 Å². The van der Waals surface area contributed by atoms with Crippen LogP contribution in [0.25, 0.3) is 11.1 Å². The first-order valence-corrected chi connectivity index (χ1v) is 10.1. The molecule has 0 saturated heterocycles. The number of hydrogen-bond acceptors (Lipinski definition) is 3. The summed E-state index contributed by atoms with van der Waals surface area (Å²) in [6, 6.07) is 12.7. The molecule has 0 radical (unpaired) electrons. The van der Waals surface area contributed by atoms with Gasteiger partial charge < -0.3 is 15.6 Å². The topological polar surface area (TPSA) is 55.5 Å². The highest BCUT2D eigenvalue weighted by molar-refractivity contribution is 5.75. The molecule has 7 heteroatoms. The zero-order valence-electron chi connectivity index (χ0n) is 17.8. The fourth-order valence-corrected chi connectivity index (χ4v) is 3.87. The predicted octanol–water partition coefficient (Wildman–Crippen LogP) is 5.76. The smallest absolute Gasteiger partial charge is 0.392 e. The number of hydrogen-bond donors (Lipinski definition) is 2. The van der Waals surface area contributed by atoms with Gasteiger partial charge >= 0.3 is 6.18 Å². The molecule has 3 N–H and O–H groups in total. The van der Waals surface area contributed by atoms with E-state index < -0.39 is 17.6 Å². The van der Waals surface area contributed by atoms with E-state index in [1.165, 1.54) is 24.3 Å².